The van der Waals surface area contributed by atoms with Gasteiger partial charge in [0.1, 0.15) is 0 Å². The predicted octanol–water partition coefficient (Wildman–Crippen LogP) is 2.09. The summed E-state index contributed by atoms with van der Waals surface area (Å²) in [6, 6.07) is 10.5. The Bertz CT molecular complexity index is 994. The lowest BCUT2D eigenvalue weighted by Gasteiger charge is -2.50. The van der Waals surface area contributed by atoms with Gasteiger partial charge in [-0.1, -0.05) is 35.5 Å². The van der Waals surface area contributed by atoms with Crippen LogP contribution in [0.3, 0.4) is 0 Å². The molecule has 2 fully saturated rings. The molecule has 3 aromatic rings. The lowest BCUT2D eigenvalue weighted by Crippen LogP contribution is -2.61. The average molecular weight is 406 g/mol. The number of hydrogen-bond acceptors (Lipinski definition) is 6. The molecule has 1 aromatic carbocycles. The minimum Gasteiger partial charge on any atom is -0.341 e. The standard InChI is InChI=1S/C22H26N6O2/c1-17-24-21(30-25-17)19-12-27(11-18-5-3-2-4-6-18)13-22(19)14-28(15-22)20(29)7-9-26-10-8-23-16-26/h2-6,8,10,16,19H,7,9,11-15H2,1H3. The molecule has 1 unspecified atom stereocenters. The van der Waals surface area contributed by atoms with Crippen molar-refractivity contribution in [2.24, 2.45) is 5.41 Å². The van der Waals surface area contributed by atoms with Crippen molar-refractivity contribution in [1.82, 2.24) is 29.5 Å². The molecule has 8 nitrogen and oxygen atoms in total. The fourth-order valence-electron chi connectivity index (χ4n) is 4.84. The van der Waals surface area contributed by atoms with E-state index < -0.39 is 0 Å². The zero-order valence-corrected chi connectivity index (χ0v) is 17.1. The topological polar surface area (TPSA) is 80.3 Å². The van der Waals surface area contributed by atoms with Crippen molar-refractivity contribution in [1.29, 1.82) is 0 Å². The molecule has 1 atom stereocenters. The van der Waals surface area contributed by atoms with Gasteiger partial charge in [0.05, 0.1) is 12.2 Å². The molecule has 1 spiro atoms. The highest BCUT2D eigenvalue weighted by molar-refractivity contribution is 5.77. The second-order valence-corrected chi connectivity index (χ2v) is 8.55. The first-order valence-electron chi connectivity index (χ1n) is 10.4. The third-order valence-corrected chi connectivity index (χ3v) is 6.32. The monoisotopic (exact) mass is 406 g/mol. The van der Waals surface area contributed by atoms with Gasteiger partial charge in [-0.25, -0.2) is 4.98 Å². The lowest BCUT2D eigenvalue weighted by atomic mass is 9.71. The summed E-state index contributed by atoms with van der Waals surface area (Å²) in [5, 5.41) is 4.01. The Hall–Kier alpha value is -3.00. The maximum absolute atomic E-state index is 12.7. The molecule has 1 amide bonds. The molecule has 0 radical (unpaired) electrons. The van der Waals surface area contributed by atoms with Crippen LogP contribution in [0.15, 0.2) is 53.6 Å². The number of amides is 1. The molecule has 4 heterocycles. The number of carbonyl (C=O) groups is 1. The number of hydrogen-bond donors (Lipinski definition) is 0. The summed E-state index contributed by atoms with van der Waals surface area (Å²) < 4.78 is 7.51. The molecular weight excluding hydrogens is 380 g/mol. The summed E-state index contributed by atoms with van der Waals surface area (Å²) in [6.45, 7) is 6.69. The van der Waals surface area contributed by atoms with Gasteiger partial charge in [0.15, 0.2) is 5.82 Å². The van der Waals surface area contributed by atoms with Gasteiger partial charge in [-0.3, -0.25) is 9.69 Å². The Kier molecular flexibility index (Phi) is 4.86. The second kappa shape index (κ2) is 7.68. The fourth-order valence-corrected chi connectivity index (χ4v) is 4.84. The molecule has 156 valence electrons. The summed E-state index contributed by atoms with van der Waals surface area (Å²) >= 11 is 0. The van der Waals surface area contributed by atoms with Gasteiger partial charge in [0.2, 0.25) is 11.8 Å². The van der Waals surface area contributed by atoms with E-state index in [2.05, 4.69) is 44.3 Å². The molecule has 2 aliphatic rings. The van der Waals surface area contributed by atoms with Crippen LogP contribution in [0.4, 0.5) is 0 Å². The van der Waals surface area contributed by atoms with Gasteiger partial charge >= 0.3 is 0 Å². The Balaban J connectivity index is 1.27. The van der Waals surface area contributed by atoms with Gasteiger partial charge in [0, 0.05) is 63.5 Å². The molecule has 0 N–H and O–H groups in total. The van der Waals surface area contributed by atoms with E-state index in [4.69, 9.17) is 4.52 Å². The number of carbonyl (C=O) groups excluding carboxylic acids is 1. The number of nitrogens with zero attached hydrogens (tertiary/aromatic N) is 6. The third-order valence-electron chi connectivity index (χ3n) is 6.32. The van der Waals surface area contributed by atoms with E-state index in [0.717, 1.165) is 32.7 Å². The van der Waals surface area contributed by atoms with Gasteiger partial charge in [-0.05, 0) is 12.5 Å². The van der Waals surface area contributed by atoms with Crippen LogP contribution in [-0.4, -0.2) is 61.6 Å². The van der Waals surface area contributed by atoms with Crippen LogP contribution in [0.1, 0.15) is 29.6 Å². The normalized spacial score (nSPS) is 20.6. The number of imidazole rings is 1. The third kappa shape index (κ3) is 3.63. The van der Waals surface area contributed by atoms with E-state index >= 15 is 0 Å². The molecule has 30 heavy (non-hydrogen) atoms. The molecule has 2 aliphatic heterocycles. The summed E-state index contributed by atoms with van der Waals surface area (Å²) in [5.74, 6) is 1.71. The number of aryl methyl sites for hydroxylation is 2. The second-order valence-electron chi connectivity index (χ2n) is 8.55. The van der Waals surface area contributed by atoms with Crippen LogP contribution in [0.25, 0.3) is 0 Å². The zero-order chi connectivity index (χ0) is 20.6. The van der Waals surface area contributed by atoms with E-state index in [0.29, 0.717) is 24.7 Å². The Labute approximate surface area is 175 Å². The van der Waals surface area contributed by atoms with E-state index in [1.807, 2.05) is 28.7 Å². The Morgan fingerprint density at radius 2 is 2.07 bits per heavy atom. The van der Waals surface area contributed by atoms with E-state index in [1.54, 1.807) is 12.5 Å². The molecule has 2 aromatic heterocycles. The molecule has 5 rings (SSSR count). The van der Waals surface area contributed by atoms with Gasteiger partial charge in [0.25, 0.3) is 0 Å². The number of likely N-dealkylation sites (tertiary alicyclic amines) is 2. The van der Waals surface area contributed by atoms with Crippen molar-refractivity contribution in [3.8, 4) is 0 Å². The molecule has 2 saturated heterocycles. The minimum atomic E-state index is -0.0155. The molecule has 0 saturated carbocycles. The first kappa shape index (κ1) is 19.0. The van der Waals surface area contributed by atoms with Crippen molar-refractivity contribution in [3.63, 3.8) is 0 Å². The maximum Gasteiger partial charge on any atom is 0.231 e. The molecule has 0 aliphatic carbocycles. The number of benzene rings is 1. The summed E-state index contributed by atoms with van der Waals surface area (Å²) in [6.07, 6.45) is 5.86. The van der Waals surface area contributed by atoms with Crippen LogP contribution in [-0.2, 0) is 17.9 Å². The lowest BCUT2D eigenvalue weighted by molar-refractivity contribution is -0.144. The molecule has 8 heteroatoms. The zero-order valence-electron chi connectivity index (χ0n) is 17.1. The first-order chi connectivity index (χ1) is 14.6. The van der Waals surface area contributed by atoms with Crippen LogP contribution in [0.5, 0.6) is 0 Å². The van der Waals surface area contributed by atoms with Gasteiger partial charge < -0.3 is 14.0 Å². The quantitative estimate of drug-likeness (QED) is 0.624. The number of aromatic nitrogens is 4. The first-order valence-corrected chi connectivity index (χ1v) is 10.4. The maximum atomic E-state index is 12.7. The van der Waals surface area contributed by atoms with Crippen LogP contribution < -0.4 is 0 Å². The SMILES string of the molecule is Cc1noc(C2CN(Cc3ccccc3)CC23CN(C(=O)CCn2ccnc2)C3)n1. The average Bonchev–Trinajstić information content (AvgIpc) is 3.45. The Morgan fingerprint density at radius 1 is 1.23 bits per heavy atom. The predicted molar refractivity (Wildman–Crippen MR) is 109 cm³/mol. The smallest absolute Gasteiger partial charge is 0.231 e. The van der Waals surface area contributed by atoms with Gasteiger partial charge in [-0.15, -0.1) is 0 Å². The van der Waals surface area contributed by atoms with Crippen molar-refractivity contribution in [2.75, 3.05) is 26.2 Å². The van der Waals surface area contributed by atoms with Crippen LogP contribution in [0, 0.1) is 12.3 Å². The summed E-state index contributed by atoms with van der Waals surface area (Å²) in [5.41, 5.74) is 1.28. The highest BCUT2D eigenvalue weighted by atomic mass is 16.5. The van der Waals surface area contributed by atoms with Gasteiger partial charge in [-0.2, -0.15) is 4.98 Å². The highest BCUT2D eigenvalue weighted by Gasteiger charge is 2.57. The van der Waals surface area contributed by atoms with E-state index in [1.165, 1.54) is 5.56 Å². The van der Waals surface area contributed by atoms with Crippen molar-refractivity contribution < 1.29 is 9.32 Å². The Morgan fingerprint density at radius 3 is 2.77 bits per heavy atom. The minimum absolute atomic E-state index is 0.0155. The summed E-state index contributed by atoms with van der Waals surface area (Å²) in [7, 11) is 0. The fraction of sp³-hybridized carbons (Fsp3) is 0.455. The summed E-state index contributed by atoms with van der Waals surface area (Å²) in [4.78, 5) is 25.7. The largest absolute Gasteiger partial charge is 0.341 e. The van der Waals surface area contributed by atoms with Crippen LogP contribution in [0.2, 0.25) is 0 Å². The van der Waals surface area contributed by atoms with E-state index in [-0.39, 0.29) is 17.2 Å². The number of rotatable bonds is 6. The molecular formula is C22H26N6O2. The van der Waals surface area contributed by atoms with Crippen LogP contribution >= 0.6 is 0 Å². The van der Waals surface area contributed by atoms with Crippen molar-refractivity contribution in [3.05, 3.63) is 66.3 Å². The van der Waals surface area contributed by atoms with E-state index in [9.17, 15) is 4.79 Å². The van der Waals surface area contributed by atoms with Crippen molar-refractivity contribution in [2.45, 2.75) is 32.4 Å². The highest BCUT2D eigenvalue weighted by Crippen LogP contribution is 2.49. The van der Waals surface area contributed by atoms with Crippen molar-refractivity contribution >= 4 is 5.91 Å². The molecule has 0 bridgehead atoms.